The van der Waals surface area contributed by atoms with Gasteiger partial charge in [-0.1, -0.05) is 5.16 Å². The lowest BCUT2D eigenvalue weighted by Crippen LogP contribution is -2.18. The molecule has 0 spiro atoms. The molecule has 0 aliphatic rings. The predicted octanol–water partition coefficient (Wildman–Crippen LogP) is 0.975. The fraction of sp³-hybridized carbons (Fsp3) is 0.0909. The van der Waals surface area contributed by atoms with E-state index in [0.717, 1.165) is 0 Å². The molecule has 2 aromatic heterocycles. The summed E-state index contributed by atoms with van der Waals surface area (Å²) in [6.45, 7) is 0. The smallest absolute Gasteiger partial charge is 0.187 e. The predicted molar refractivity (Wildman–Crippen MR) is 62.6 cm³/mol. The summed E-state index contributed by atoms with van der Waals surface area (Å²) < 4.78 is 6.90. The van der Waals surface area contributed by atoms with Gasteiger partial charge in [-0.3, -0.25) is 4.57 Å². The average molecular weight is 232 g/mol. The number of oxime groups is 1. The highest BCUT2D eigenvalue weighted by molar-refractivity contribution is 5.96. The Balaban J connectivity index is 2.57. The molecule has 0 amide bonds. The van der Waals surface area contributed by atoms with Crippen LogP contribution in [0.5, 0.6) is 5.75 Å². The van der Waals surface area contributed by atoms with Gasteiger partial charge in [-0.15, -0.1) is 0 Å². The summed E-state index contributed by atoms with van der Waals surface area (Å²) in [7, 11) is 1.56. The van der Waals surface area contributed by atoms with Crippen molar-refractivity contribution in [1.82, 2.24) is 9.55 Å². The van der Waals surface area contributed by atoms with Crippen LogP contribution < -0.4 is 10.5 Å². The van der Waals surface area contributed by atoms with Crippen LogP contribution in [0.1, 0.15) is 5.69 Å². The number of nitrogens with two attached hydrogens (primary N) is 1. The van der Waals surface area contributed by atoms with E-state index < -0.39 is 0 Å². The number of nitrogens with zero attached hydrogens (tertiary/aromatic N) is 3. The molecule has 17 heavy (non-hydrogen) atoms. The molecule has 0 atom stereocenters. The number of methoxy groups -OCH3 is 1. The Morgan fingerprint density at radius 1 is 1.47 bits per heavy atom. The number of hydrogen-bond donors (Lipinski definition) is 2. The highest BCUT2D eigenvalue weighted by Crippen LogP contribution is 2.21. The van der Waals surface area contributed by atoms with E-state index in [4.69, 9.17) is 15.7 Å². The second-order valence-corrected chi connectivity index (χ2v) is 3.28. The lowest BCUT2D eigenvalue weighted by molar-refractivity contribution is 0.318. The van der Waals surface area contributed by atoms with Gasteiger partial charge >= 0.3 is 0 Å². The Bertz CT molecular complexity index is 548. The molecule has 2 aromatic rings. The standard InChI is InChI=1S/C11H12N4O2/c1-17-9-5-2-6-13-11(9)15-7-3-4-8(15)10(12)14-16/h2-7,16H,1H3,(H2,12,14). The fourth-order valence-corrected chi connectivity index (χ4v) is 1.55. The van der Waals surface area contributed by atoms with Crippen LogP contribution in [-0.2, 0) is 0 Å². The van der Waals surface area contributed by atoms with Crippen molar-refractivity contribution in [1.29, 1.82) is 0 Å². The summed E-state index contributed by atoms with van der Waals surface area (Å²) in [6, 6.07) is 7.07. The normalized spacial score (nSPS) is 11.5. The summed E-state index contributed by atoms with van der Waals surface area (Å²) >= 11 is 0. The van der Waals surface area contributed by atoms with Gasteiger partial charge in [0.2, 0.25) is 0 Å². The maximum atomic E-state index is 8.70. The number of ether oxygens (including phenoxy) is 1. The Morgan fingerprint density at radius 3 is 3.00 bits per heavy atom. The lowest BCUT2D eigenvalue weighted by atomic mass is 10.3. The van der Waals surface area contributed by atoms with Gasteiger partial charge in [0.25, 0.3) is 0 Å². The van der Waals surface area contributed by atoms with Crippen LogP contribution >= 0.6 is 0 Å². The third-order valence-corrected chi connectivity index (χ3v) is 2.32. The molecule has 0 saturated heterocycles. The zero-order chi connectivity index (χ0) is 12.3. The van der Waals surface area contributed by atoms with Crippen molar-refractivity contribution in [3.63, 3.8) is 0 Å². The fourth-order valence-electron chi connectivity index (χ4n) is 1.55. The van der Waals surface area contributed by atoms with Gasteiger partial charge < -0.3 is 15.7 Å². The summed E-state index contributed by atoms with van der Waals surface area (Å²) in [5, 5.41) is 11.7. The third kappa shape index (κ3) is 1.92. The van der Waals surface area contributed by atoms with Crippen molar-refractivity contribution < 1.29 is 9.94 Å². The topological polar surface area (TPSA) is 85.7 Å². The van der Waals surface area contributed by atoms with Crippen LogP contribution in [0.25, 0.3) is 5.82 Å². The van der Waals surface area contributed by atoms with Crippen LogP contribution in [0.3, 0.4) is 0 Å². The van der Waals surface area contributed by atoms with Crippen molar-refractivity contribution in [3.8, 4) is 11.6 Å². The quantitative estimate of drug-likeness (QED) is 0.357. The molecule has 6 heteroatoms. The molecule has 0 unspecified atom stereocenters. The van der Waals surface area contributed by atoms with E-state index in [0.29, 0.717) is 17.3 Å². The van der Waals surface area contributed by atoms with Crippen molar-refractivity contribution in [2.45, 2.75) is 0 Å². The minimum absolute atomic E-state index is 0.0164. The minimum atomic E-state index is 0.0164. The van der Waals surface area contributed by atoms with E-state index in [1.54, 1.807) is 48.3 Å². The zero-order valence-corrected chi connectivity index (χ0v) is 9.24. The largest absolute Gasteiger partial charge is 0.493 e. The summed E-state index contributed by atoms with van der Waals surface area (Å²) in [4.78, 5) is 4.22. The van der Waals surface area contributed by atoms with E-state index in [2.05, 4.69) is 10.1 Å². The molecule has 2 heterocycles. The van der Waals surface area contributed by atoms with Gasteiger partial charge in [0.15, 0.2) is 17.4 Å². The first-order valence-corrected chi connectivity index (χ1v) is 4.92. The number of aromatic nitrogens is 2. The third-order valence-electron chi connectivity index (χ3n) is 2.32. The van der Waals surface area contributed by atoms with E-state index in [1.807, 2.05) is 0 Å². The maximum absolute atomic E-state index is 8.70. The van der Waals surface area contributed by atoms with Gasteiger partial charge in [-0.2, -0.15) is 0 Å². The molecular weight excluding hydrogens is 220 g/mol. The molecular formula is C11H12N4O2. The first kappa shape index (κ1) is 11.0. The number of rotatable bonds is 3. The van der Waals surface area contributed by atoms with Gasteiger partial charge in [-0.05, 0) is 24.3 Å². The monoisotopic (exact) mass is 232 g/mol. The summed E-state index contributed by atoms with van der Waals surface area (Å²) in [5.41, 5.74) is 6.12. The van der Waals surface area contributed by atoms with E-state index in [9.17, 15) is 0 Å². The molecule has 0 radical (unpaired) electrons. The van der Waals surface area contributed by atoms with Gasteiger partial charge in [0.1, 0.15) is 0 Å². The van der Waals surface area contributed by atoms with Gasteiger partial charge in [-0.25, -0.2) is 4.98 Å². The molecule has 0 saturated carbocycles. The van der Waals surface area contributed by atoms with Crippen LogP contribution in [-0.4, -0.2) is 27.7 Å². The SMILES string of the molecule is COc1cccnc1-n1cccc1/C(N)=N/O. The molecule has 0 fully saturated rings. The second kappa shape index (κ2) is 4.56. The van der Waals surface area contributed by atoms with Crippen molar-refractivity contribution in [2.24, 2.45) is 10.9 Å². The zero-order valence-electron chi connectivity index (χ0n) is 9.24. The lowest BCUT2D eigenvalue weighted by Gasteiger charge is -2.10. The van der Waals surface area contributed by atoms with Crippen molar-refractivity contribution >= 4 is 5.84 Å². The molecule has 0 aliphatic carbocycles. The summed E-state index contributed by atoms with van der Waals surface area (Å²) in [5.74, 6) is 1.21. The Hall–Kier alpha value is -2.50. The Morgan fingerprint density at radius 2 is 2.29 bits per heavy atom. The molecule has 2 rings (SSSR count). The molecule has 0 bridgehead atoms. The minimum Gasteiger partial charge on any atom is -0.493 e. The molecule has 6 nitrogen and oxygen atoms in total. The van der Waals surface area contributed by atoms with E-state index in [1.165, 1.54) is 0 Å². The maximum Gasteiger partial charge on any atom is 0.187 e. The number of hydrogen-bond acceptors (Lipinski definition) is 4. The first-order chi connectivity index (χ1) is 8.27. The van der Waals surface area contributed by atoms with Crippen LogP contribution in [0, 0.1) is 0 Å². The number of pyridine rings is 1. The Labute approximate surface area is 98.0 Å². The van der Waals surface area contributed by atoms with E-state index >= 15 is 0 Å². The molecule has 0 aliphatic heterocycles. The van der Waals surface area contributed by atoms with Gasteiger partial charge in [0.05, 0.1) is 12.8 Å². The molecule has 3 N–H and O–H groups in total. The summed E-state index contributed by atoms with van der Waals surface area (Å²) in [6.07, 6.45) is 3.41. The highest BCUT2D eigenvalue weighted by Gasteiger charge is 2.12. The Kier molecular flexibility index (Phi) is 2.95. The van der Waals surface area contributed by atoms with Crippen molar-refractivity contribution in [2.75, 3.05) is 7.11 Å². The molecule has 0 aromatic carbocycles. The first-order valence-electron chi connectivity index (χ1n) is 4.92. The average Bonchev–Trinajstić information content (AvgIpc) is 2.86. The van der Waals surface area contributed by atoms with Crippen LogP contribution in [0.15, 0.2) is 41.8 Å². The second-order valence-electron chi connectivity index (χ2n) is 3.28. The van der Waals surface area contributed by atoms with Crippen LogP contribution in [0.4, 0.5) is 0 Å². The molecule has 88 valence electrons. The van der Waals surface area contributed by atoms with Crippen LogP contribution in [0.2, 0.25) is 0 Å². The number of amidine groups is 1. The van der Waals surface area contributed by atoms with E-state index in [-0.39, 0.29) is 5.84 Å². The van der Waals surface area contributed by atoms with Gasteiger partial charge in [0, 0.05) is 12.4 Å². The van der Waals surface area contributed by atoms with Crippen molar-refractivity contribution in [3.05, 3.63) is 42.4 Å². The highest BCUT2D eigenvalue weighted by atomic mass is 16.5.